The zero-order valence-electron chi connectivity index (χ0n) is 11.8. The van der Waals surface area contributed by atoms with E-state index in [9.17, 15) is 0 Å². The third kappa shape index (κ3) is 4.10. The molecule has 0 fully saturated rings. The Kier molecular flexibility index (Phi) is 4.58. The Morgan fingerprint density at radius 2 is 1.95 bits per heavy atom. The molecule has 0 spiro atoms. The van der Waals surface area contributed by atoms with Gasteiger partial charge in [-0.05, 0) is 19.4 Å². The largest absolute Gasteiger partial charge is 0.383 e. The van der Waals surface area contributed by atoms with Crippen LogP contribution in [0.25, 0.3) is 0 Å². The minimum absolute atomic E-state index is 0.679. The van der Waals surface area contributed by atoms with Gasteiger partial charge >= 0.3 is 0 Å². The van der Waals surface area contributed by atoms with Gasteiger partial charge in [0.2, 0.25) is 0 Å². The summed E-state index contributed by atoms with van der Waals surface area (Å²) in [6.07, 6.45) is 3.85. The summed E-state index contributed by atoms with van der Waals surface area (Å²) in [6.45, 7) is 6.52. The average molecular weight is 259 g/mol. The molecular formula is C15H21N3O. The summed E-state index contributed by atoms with van der Waals surface area (Å²) in [5, 5.41) is 7.66. The van der Waals surface area contributed by atoms with Gasteiger partial charge in [0.1, 0.15) is 0 Å². The number of hydrogen-bond donors (Lipinski definition) is 1. The van der Waals surface area contributed by atoms with E-state index in [4.69, 9.17) is 4.74 Å². The molecule has 0 aliphatic rings. The first-order valence-corrected chi connectivity index (χ1v) is 6.50. The highest BCUT2D eigenvalue weighted by atomic mass is 16.5. The number of anilines is 1. The van der Waals surface area contributed by atoms with E-state index in [2.05, 4.69) is 42.5 Å². The van der Waals surface area contributed by atoms with E-state index >= 15 is 0 Å². The van der Waals surface area contributed by atoms with Crippen molar-refractivity contribution in [1.29, 1.82) is 0 Å². The molecule has 2 rings (SSSR count). The average Bonchev–Trinajstić information content (AvgIpc) is 2.81. The molecule has 1 aromatic carbocycles. The number of aryl methyl sites for hydroxylation is 2. The zero-order chi connectivity index (χ0) is 13.7. The van der Waals surface area contributed by atoms with Gasteiger partial charge in [-0.3, -0.25) is 4.68 Å². The van der Waals surface area contributed by atoms with E-state index < -0.39 is 0 Å². The molecule has 0 aliphatic heterocycles. The van der Waals surface area contributed by atoms with Crippen molar-refractivity contribution in [3.8, 4) is 0 Å². The van der Waals surface area contributed by atoms with Crippen molar-refractivity contribution >= 4 is 5.69 Å². The second-order valence-corrected chi connectivity index (χ2v) is 4.83. The normalized spacial score (nSPS) is 10.7. The first-order valence-electron chi connectivity index (χ1n) is 6.50. The van der Waals surface area contributed by atoms with Crippen molar-refractivity contribution in [2.75, 3.05) is 19.0 Å². The molecule has 4 heteroatoms. The van der Waals surface area contributed by atoms with Gasteiger partial charge in [-0.1, -0.05) is 29.3 Å². The summed E-state index contributed by atoms with van der Waals surface area (Å²) in [5.41, 5.74) is 4.93. The fraction of sp³-hybridized carbons (Fsp3) is 0.400. The fourth-order valence-electron chi connectivity index (χ4n) is 2.14. The van der Waals surface area contributed by atoms with Gasteiger partial charge in [-0.25, -0.2) is 0 Å². The Labute approximate surface area is 114 Å². The Hall–Kier alpha value is -1.81. The van der Waals surface area contributed by atoms with Gasteiger partial charge in [0.05, 0.1) is 25.0 Å². The lowest BCUT2D eigenvalue weighted by atomic mass is 10.1. The molecule has 0 unspecified atom stereocenters. The van der Waals surface area contributed by atoms with E-state index in [1.165, 1.54) is 16.7 Å². The lowest BCUT2D eigenvalue weighted by Crippen LogP contribution is -2.04. The van der Waals surface area contributed by atoms with Crippen molar-refractivity contribution in [3.63, 3.8) is 0 Å². The van der Waals surface area contributed by atoms with Crippen LogP contribution in [-0.4, -0.2) is 23.5 Å². The number of hydrogen-bond acceptors (Lipinski definition) is 3. The highest BCUT2D eigenvalue weighted by molar-refractivity contribution is 5.40. The van der Waals surface area contributed by atoms with Gasteiger partial charge < -0.3 is 10.1 Å². The number of ether oxygens (including phenoxy) is 1. The lowest BCUT2D eigenvalue weighted by molar-refractivity contribution is 0.183. The molecule has 1 aromatic heterocycles. The highest BCUT2D eigenvalue weighted by Crippen LogP contribution is 2.12. The first-order chi connectivity index (χ1) is 9.17. The van der Waals surface area contributed by atoms with Crippen molar-refractivity contribution in [2.45, 2.75) is 26.9 Å². The number of aromatic nitrogens is 2. The number of methoxy groups -OCH3 is 1. The van der Waals surface area contributed by atoms with Gasteiger partial charge in [-0.2, -0.15) is 5.10 Å². The standard InChI is InChI=1S/C15H21N3O/c1-12-6-13(2)8-14(7-12)9-16-15-10-17-18(11-15)4-5-19-3/h6-8,10-11,16H,4-5,9H2,1-3H3. The molecule has 4 nitrogen and oxygen atoms in total. The van der Waals surface area contributed by atoms with E-state index in [-0.39, 0.29) is 0 Å². The predicted molar refractivity (Wildman–Crippen MR) is 77.3 cm³/mol. The Balaban J connectivity index is 1.92. The van der Waals surface area contributed by atoms with Gasteiger partial charge in [-0.15, -0.1) is 0 Å². The maximum atomic E-state index is 5.03. The van der Waals surface area contributed by atoms with Crippen LogP contribution in [0.15, 0.2) is 30.6 Å². The molecule has 0 amide bonds. The lowest BCUT2D eigenvalue weighted by Gasteiger charge is -2.06. The SMILES string of the molecule is COCCn1cc(NCc2cc(C)cc(C)c2)cn1. The molecule has 102 valence electrons. The molecule has 0 saturated heterocycles. The first kappa shape index (κ1) is 13.6. The number of nitrogens with one attached hydrogen (secondary N) is 1. The third-order valence-electron chi connectivity index (χ3n) is 2.94. The third-order valence-corrected chi connectivity index (χ3v) is 2.94. The maximum Gasteiger partial charge on any atom is 0.0729 e. The zero-order valence-corrected chi connectivity index (χ0v) is 11.8. The van der Waals surface area contributed by atoms with Crippen LogP contribution in [0.2, 0.25) is 0 Å². The van der Waals surface area contributed by atoms with Gasteiger partial charge in [0.15, 0.2) is 0 Å². The minimum Gasteiger partial charge on any atom is -0.383 e. The minimum atomic E-state index is 0.679. The number of rotatable bonds is 6. The molecule has 0 saturated carbocycles. The molecule has 0 bridgehead atoms. The quantitative estimate of drug-likeness (QED) is 0.867. The molecule has 19 heavy (non-hydrogen) atoms. The number of benzene rings is 1. The summed E-state index contributed by atoms with van der Waals surface area (Å²) in [6, 6.07) is 6.59. The molecule has 1 heterocycles. The summed E-state index contributed by atoms with van der Waals surface area (Å²) in [4.78, 5) is 0. The monoisotopic (exact) mass is 259 g/mol. The van der Waals surface area contributed by atoms with E-state index in [1.54, 1.807) is 7.11 Å². The van der Waals surface area contributed by atoms with Crippen molar-refractivity contribution in [2.24, 2.45) is 0 Å². The van der Waals surface area contributed by atoms with Crippen LogP contribution in [-0.2, 0) is 17.8 Å². The molecule has 0 atom stereocenters. The Bertz CT molecular complexity index is 514. The maximum absolute atomic E-state index is 5.03. The van der Waals surface area contributed by atoms with Crippen LogP contribution < -0.4 is 5.32 Å². The van der Waals surface area contributed by atoms with E-state index in [0.717, 1.165) is 18.8 Å². The predicted octanol–water partition coefficient (Wildman–Crippen LogP) is 2.76. The summed E-state index contributed by atoms with van der Waals surface area (Å²) < 4.78 is 6.91. The highest BCUT2D eigenvalue weighted by Gasteiger charge is 2.00. The molecule has 1 N–H and O–H groups in total. The van der Waals surface area contributed by atoms with Crippen molar-refractivity contribution in [1.82, 2.24) is 9.78 Å². The Morgan fingerprint density at radius 1 is 1.21 bits per heavy atom. The molecule has 2 aromatic rings. The van der Waals surface area contributed by atoms with Crippen LogP contribution in [0, 0.1) is 13.8 Å². The van der Waals surface area contributed by atoms with Gasteiger partial charge in [0.25, 0.3) is 0 Å². The smallest absolute Gasteiger partial charge is 0.0729 e. The molecule has 0 aliphatic carbocycles. The second kappa shape index (κ2) is 6.38. The van der Waals surface area contributed by atoms with Crippen LogP contribution >= 0.6 is 0 Å². The van der Waals surface area contributed by atoms with Crippen LogP contribution in [0.5, 0.6) is 0 Å². The van der Waals surface area contributed by atoms with E-state index in [1.807, 2.05) is 17.1 Å². The van der Waals surface area contributed by atoms with Gasteiger partial charge in [0, 0.05) is 19.9 Å². The van der Waals surface area contributed by atoms with E-state index in [0.29, 0.717) is 6.61 Å². The van der Waals surface area contributed by atoms with Crippen LogP contribution in [0.1, 0.15) is 16.7 Å². The molecular weight excluding hydrogens is 238 g/mol. The summed E-state index contributed by atoms with van der Waals surface area (Å²) >= 11 is 0. The number of nitrogens with zero attached hydrogens (tertiary/aromatic N) is 2. The second-order valence-electron chi connectivity index (χ2n) is 4.83. The summed E-state index contributed by atoms with van der Waals surface area (Å²) in [7, 11) is 1.70. The van der Waals surface area contributed by atoms with Crippen molar-refractivity contribution < 1.29 is 4.74 Å². The Morgan fingerprint density at radius 3 is 2.63 bits per heavy atom. The fourth-order valence-corrected chi connectivity index (χ4v) is 2.14. The molecule has 0 radical (unpaired) electrons. The van der Waals surface area contributed by atoms with Crippen LogP contribution in [0.3, 0.4) is 0 Å². The van der Waals surface area contributed by atoms with Crippen LogP contribution in [0.4, 0.5) is 5.69 Å². The van der Waals surface area contributed by atoms with Crippen molar-refractivity contribution in [3.05, 3.63) is 47.3 Å². The topological polar surface area (TPSA) is 39.1 Å². The summed E-state index contributed by atoms with van der Waals surface area (Å²) in [5.74, 6) is 0.